The zero-order valence-corrected chi connectivity index (χ0v) is 14.4. The minimum atomic E-state index is 0.0452. The summed E-state index contributed by atoms with van der Waals surface area (Å²) < 4.78 is 1.44. The van der Waals surface area contributed by atoms with Crippen LogP contribution in [0.4, 0.5) is 0 Å². The van der Waals surface area contributed by atoms with Crippen LogP contribution < -0.4 is 0 Å². The molecule has 0 saturated heterocycles. The molecule has 0 atom stereocenters. The number of aromatic nitrogens is 4. The van der Waals surface area contributed by atoms with Gasteiger partial charge in [-0.25, -0.2) is 4.98 Å². The maximum atomic E-state index is 10.4. The number of hydrogen-bond acceptors (Lipinski definition) is 4. The van der Waals surface area contributed by atoms with Gasteiger partial charge in [-0.1, -0.05) is 36.4 Å². The van der Waals surface area contributed by atoms with E-state index in [-0.39, 0.29) is 5.88 Å². The molecule has 0 bridgehead atoms. The van der Waals surface area contributed by atoms with E-state index in [0.29, 0.717) is 11.5 Å². The first-order valence-corrected chi connectivity index (χ1v) is 8.13. The van der Waals surface area contributed by atoms with Crippen molar-refractivity contribution in [2.45, 2.75) is 20.8 Å². The van der Waals surface area contributed by atoms with Gasteiger partial charge in [0.05, 0.1) is 22.8 Å². The van der Waals surface area contributed by atoms with Gasteiger partial charge in [0.1, 0.15) is 0 Å². The zero-order chi connectivity index (χ0) is 17.6. The van der Waals surface area contributed by atoms with Crippen molar-refractivity contribution in [3.63, 3.8) is 0 Å². The summed E-state index contributed by atoms with van der Waals surface area (Å²) in [4.78, 5) is 9.02. The second-order valence-corrected chi connectivity index (χ2v) is 6.16. The number of benzene rings is 2. The van der Waals surface area contributed by atoms with Gasteiger partial charge in [0.2, 0.25) is 5.88 Å². The zero-order valence-electron chi connectivity index (χ0n) is 14.4. The lowest BCUT2D eigenvalue weighted by Gasteiger charge is -2.08. The molecule has 1 N–H and O–H groups in total. The van der Waals surface area contributed by atoms with Crippen molar-refractivity contribution >= 4 is 10.8 Å². The molecule has 0 aliphatic heterocycles. The Bertz CT molecular complexity index is 1100. The summed E-state index contributed by atoms with van der Waals surface area (Å²) >= 11 is 0. The predicted octanol–water partition coefficient (Wildman–Crippen LogP) is 4.11. The highest BCUT2D eigenvalue weighted by atomic mass is 16.3. The van der Waals surface area contributed by atoms with E-state index < -0.39 is 0 Å². The van der Waals surface area contributed by atoms with Crippen LogP contribution >= 0.6 is 0 Å². The van der Waals surface area contributed by atoms with Gasteiger partial charge in [0.15, 0.2) is 5.82 Å². The summed E-state index contributed by atoms with van der Waals surface area (Å²) in [5.74, 6) is 0.594. The van der Waals surface area contributed by atoms with Gasteiger partial charge in [-0.05, 0) is 37.6 Å². The van der Waals surface area contributed by atoms with Gasteiger partial charge < -0.3 is 5.11 Å². The molecule has 5 heteroatoms. The molecule has 0 radical (unpaired) electrons. The lowest BCUT2D eigenvalue weighted by atomic mass is 10.1. The van der Waals surface area contributed by atoms with E-state index in [1.165, 1.54) is 10.1 Å². The second kappa shape index (κ2) is 5.70. The summed E-state index contributed by atoms with van der Waals surface area (Å²) in [7, 11) is 0. The third kappa shape index (κ3) is 2.63. The molecule has 0 spiro atoms. The van der Waals surface area contributed by atoms with Crippen LogP contribution in [0.25, 0.3) is 27.8 Å². The Morgan fingerprint density at radius 2 is 1.52 bits per heavy atom. The Hall–Kier alpha value is -3.21. The van der Waals surface area contributed by atoms with E-state index in [4.69, 9.17) is 0 Å². The molecule has 5 nitrogen and oxygen atoms in total. The summed E-state index contributed by atoms with van der Waals surface area (Å²) in [6.07, 6.45) is 0. The topological polar surface area (TPSA) is 63.8 Å². The van der Waals surface area contributed by atoms with Crippen molar-refractivity contribution in [1.29, 1.82) is 0 Å². The van der Waals surface area contributed by atoms with Gasteiger partial charge in [-0.15, -0.1) is 0 Å². The Labute approximate surface area is 145 Å². The molecule has 0 amide bonds. The van der Waals surface area contributed by atoms with Crippen LogP contribution in [0.3, 0.4) is 0 Å². The molecular weight excluding hydrogens is 312 g/mol. The smallest absolute Gasteiger partial charge is 0.216 e. The van der Waals surface area contributed by atoms with Gasteiger partial charge in [0, 0.05) is 11.6 Å². The average Bonchev–Trinajstić information content (AvgIpc) is 2.99. The number of aromatic hydroxyl groups is 1. The molecule has 0 unspecified atom stereocenters. The normalized spacial score (nSPS) is 11.2. The molecule has 124 valence electrons. The van der Waals surface area contributed by atoms with Gasteiger partial charge in [-0.3, -0.25) is 4.98 Å². The van der Waals surface area contributed by atoms with Crippen molar-refractivity contribution in [1.82, 2.24) is 19.7 Å². The largest absolute Gasteiger partial charge is 0.493 e. The van der Waals surface area contributed by atoms with Gasteiger partial charge >= 0.3 is 0 Å². The van der Waals surface area contributed by atoms with E-state index in [1.54, 1.807) is 6.07 Å². The Balaban J connectivity index is 1.83. The maximum Gasteiger partial charge on any atom is 0.216 e. The minimum absolute atomic E-state index is 0.0452. The summed E-state index contributed by atoms with van der Waals surface area (Å²) in [6, 6.07) is 16.0. The minimum Gasteiger partial charge on any atom is -0.493 e. The van der Waals surface area contributed by atoms with E-state index in [9.17, 15) is 5.11 Å². The molecular formula is C20H18N4O. The van der Waals surface area contributed by atoms with E-state index in [2.05, 4.69) is 39.3 Å². The number of aryl methyl sites for hydroxylation is 3. The quantitative estimate of drug-likeness (QED) is 0.600. The Morgan fingerprint density at radius 1 is 0.800 bits per heavy atom. The van der Waals surface area contributed by atoms with Gasteiger partial charge in [0.25, 0.3) is 0 Å². The van der Waals surface area contributed by atoms with Crippen molar-refractivity contribution in [2.24, 2.45) is 0 Å². The molecule has 0 fully saturated rings. The van der Waals surface area contributed by atoms with Crippen LogP contribution in [-0.2, 0) is 0 Å². The van der Waals surface area contributed by atoms with Crippen molar-refractivity contribution in [3.8, 4) is 23.0 Å². The van der Waals surface area contributed by atoms with Crippen molar-refractivity contribution in [2.75, 3.05) is 0 Å². The number of nitrogens with zero attached hydrogens (tertiary/aromatic N) is 4. The third-order valence-corrected chi connectivity index (χ3v) is 4.39. The van der Waals surface area contributed by atoms with Crippen LogP contribution in [-0.4, -0.2) is 24.9 Å². The number of rotatable bonds is 2. The molecule has 0 aliphatic carbocycles. The number of fused-ring (bicyclic) bond motifs is 1. The molecule has 0 saturated carbocycles. The standard InChI is InChI=1S/C20H18N4O/c1-12-13(2)22-20(14(3)21-12)24-19(25)11-18(23-24)17-9-8-15-6-4-5-7-16(15)10-17/h4-11,25H,1-3H3. The molecule has 2 aromatic carbocycles. The van der Waals surface area contributed by atoms with Crippen LogP contribution in [0.1, 0.15) is 17.1 Å². The first kappa shape index (κ1) is 15.3. The molecule has 4 rings (SSSR count). The van der Waals surface area contributed by atoms with Crippen molar-refractivity contribution in [3.05, 3.63) is 65.6 Å². The monoisotopic (exact) mass is 330 g/mol. The maximum absolute atomic E-state index is 10.4. The van der Waals surface area contributed by atoms with Gasteiger partial charge in [-0.2, -0.15) is 9.78 Å². The predicted molar refractivity (Wildman–Crippen MR) is 98.0 cm³/mol. The molecule has 2 heterocycles. The number of hydrogen-bond donors (Lipinski definition) is 1. The first-order valence-electron chi connectivity index (χ1n) is 8.13. The molecule has 4 aromatic rings. The first-order chi connectivity index (χ1) is 12.0. The van der Waals surface area contributed by atoms with E-state index in [1.807, 2.05) is 39.0 Å². The van der Waals surface area contributed by atoms with Crippen LogP contribution in [0.15, 0.2) is 48.5 Å². The van der Waals surface area contributed by atoms with Crippen LogP contribution in [0.2, 0.25) is 0 Å². The van der Waals surface area contributed by atoms with Crippen LogP contribution in [0.5, 0.6) is 5.88 Å². The molecule has 0 aliphatic rings. The van der Waals surface area contributed by atoms with Crippen LogP contribution in [0, 0.1) is 20.8 Å². The Morgan fingerprint density at radius 3 is 2.32 bits per heavy atom. The fraction of sp³-hybridized carbons (Fsp3) is 0.150. The lowest BCUT2D eigenvalue weighted by molar-refractivity contribution is 0.431. The second-order valence-electron chi connectivity index (χ2n) is 6.16. The highest BCUT2D eigenvalue weighted by molar-refractivity contribution is 5.86. The fourth-order valence-corrected chi connectivity index (χ4v) is 2.92. The van der Waals surface area contributed by atoms with E-state index in [0.717, 1.165) is 28.0 Å². The lowest BCUT2D eigenvalue weighted by Crippen LogP contribution is -2.07. The molecule has 25 heavy (non-hydrogen) atoms. The Kier molecular flexibility index (Phi) is 3.50. The fourth-order valence-electron chi connectivity index (χ4n) is 2.92. The van der Waals surface area contributed by atoms with E-state index >= 15 is 0 Å². The SMILES string of the molecule is Cc1nc(C)c(-n2nc(-c3ccc4ccccc4c3)cc2O)nc1C. The third-order valence-electron chi connectivity index (χ3n) is 4.39. The average molecular weight is 330 g/mol. The summed E-state index contributed by atoms with van der Waals surface area (Å²) in [6.45, 7) is 5.68. The highest BCUT2D eigenvalue weighted by Crippen LogP contribution is 2.28. The molecule has 2 aromatic heterocycles. The van der Waals surface area contributed by atoms with Crippen molar-refractivity contribution < 1.29 is 5.11 Å². The highest BCUT2D eigenvalue weighted by Gasteiger charge is 2.15. The summed E-state index contributed by atoms with van der Waals surface area (Å²) in [5.41, 5.74) is 4.07. The summed E-state index contributed by atoms with van der Waals surface area (Å²) in [5, 5.41) is 17.2.